The summed E-state index contributed by atoms with van der Waals surface area (Å²) >= 11 is 0. The number of aromatic amines is 2. The first-order valence-corrected chi connectivity index (χ1v) is 12.0. The van der Waals surface area contributed by atoms with Crippen LogP contribution in [0.4, 0.5) is 17.6 Å². The molecule has 0 amide bonds. The fourth-order valence-electron chi connectivity index (χ4n) is 4.97. The Labute approximate surface area is 221 Å². The van der Waals surface area contributed by atoms with Gasteiger partial charge in [-0.05, 0) is 30.3 Å². The van der Waals surface area contributed by atoms with Crippen LogP contribution in [-0.2, 0) is 5.54 Å². The fourth-order valence-corrected chi connectivity index (χ4v) is 4.97. The normalized spacial score (nSPS) is 19.0. The van der Waals surface area contributed by atoms with E-state index in [9.17, 15) is 0 Å². The summed E-state index contributed by atoms with van der Waals surface area (Å²) in [4.78, 5) is 31.3. The smallest absolute Gasteiger partial charge is 0.246 e. The van der Waals surface area contributed by atoms with Crippen LogP contribution < -0.4 is 15.1 Å². The van der Waals surface area contributed by atoms with E-state index in [1.165, 1.54) is 0 Å². The Kier molecular flexibility index (Phi) is 5.32. The number of imidazole rings is 1. The van der Waals surface area contributed by atoms with Gasteiger partial charge in [0.15, 0.2) is 11.4 Å². The van der Waals surface area contributed by atoms with Crippen LogP contribution in [0.1, 0.15) is 23.3 Å². The van der Waals surface area contributed by atoms with Crippen molar-refractivity contribution in [1.29, 1.82) is 0 Å². The standard InChI is InChI=1S/C25H20N14/c1-2-8-28-20(6-1)39-37(24-31-9-4-10-32-24)22(18-17-26-13-14-27-18)25(23-29-15-16-30-23,19-5-3-11-33-35-19)38(39)21-7-12-34-36-21/h1-17,22H,(H,29,30)(H,34,36). The van der Waals surface area contributed by atoms with Gasteiger partial charge in [-0.25, -0.2) is 30.0 Å². The van der Waals surface area contributed by atoms with Crippen LogP contribution in [0.25, 0.3) is 0 Å². The molecule has 14 heteroatoms. The average molecular weight is 517 g/mol. The summed E-state index contributed by atoms with van der Waals surface area (Å²) in [5.74, 6) is 2.15. The SMILES string of the molecule is c1ccc(N2N(c3ncccn3)C(c3cnccn3)C(c3cccnn3)(c3ncc[nH]3)N2c2ccn[nH]2)nc1. The number of nitrogens with one attached hydrogen (secondary N) is 2. The number of anilines is 3. The highest BCUT2D eigenvalue weighted by Crippen LogP contribution is 2.55. The quantitative estimate of drug-likeness (QED) is 0.333. The van der Waals surface area contributed by atoms with Crippen molar-refractivity contribution in [2.45, 2.75) is 11.6 Å². The third kappa shape index (κ3) is 3.46. The van der Waals surface area contributed by atoms with Gasteiger partial charge in [0, 0.05) is 55.6 Å². The predicted molar refractivity (Wildman–Crippen MR) is 138 cm³/mol. The number of pyridine rings is 1. The van der Waals surface area contributed by atoms with Crippen LogP contribution in [0.2, 0.25) is 0 Å². The number of rotatable bonds is 6. The molecular formula is C25H20N14. The van der Waals surface area contributed by atoms with Gasteiger partial charge in [0.2, 0.25) is 5.95 Å². The molecule has 14 nitrogen and oxygen atoms in total. The van der Waals surface area contributed by atoms with Gasteiger partial charge in [-0.1, -0.05) is 6.07 Å². The average Bonchev–Trinajstić information content (AvgIpc) is 3.79. The molecule has 7 rings (SSSR count). The second-order valence-electron chi connectivity index (χ2n) is 8.47. The molecule has 6 aromatic rings. The highest BCUT2D eigenvalue weighted by atomic mass is 15.9. The first kappa shape index (κ1) is 22.4. The molecule has 6 aromatic heterocycles. The number of hydrazine groups is 2. The second kappa shape index (κ2) is 9.26. The monoisotopic (exact) mass is 516 g/mol. The van der Waals surface area contributed by atoms with Crippen LogP contribution in [0, 0.1) is 0 Å². The molecule has 2 unspecified atom stereocenters. The lowest BCUT2D eigenvalue weighted by atomic mass is 9.83. The van der Waals surface area contributed by atoms with Crippen molar-refractivity contribution in [3.05, 3.63) is 122 Å². The Hall–Kier alpha value is -5.79. The van der Waals surface area contributed by atoms with E-state index in [-0.39, 0.29) is 0 Å². The molecule has 1 fully saturated rings. The molecule has 2 N–H and O–H groups in total. The van der Waals surface area contributed by atoms with Gasteiger partial charge in [0.25, 0.3) is 0 Å². The Bertz CT molecular complexity index is 1620. The Morgan fingerprint density at radius 2 is 1.69 bits per heavy atom. The van der Waals surface area contributed by atoms with E-state index in [0.717, 1.165) is 0 Å². The van der Waals surface area contributed by atoms with Crippen molar-refractivity contribution < 1.29 is 0 Å². The number of aromatic nitrogens is 11. The second-order valence-corrected chi connectivity index (χ2v) is 8.47. The molecule has 0 aliphatic carbocycles. The molecule has 2 atom stereocenters. The first-order chi connectivity index (χ1) is 19.4. The fraction of sp³-hybridized carbons (Fsp3) is 0.0800. The maximum absolute atomic E-state index is 4.78. The van der Waals surface area contributed by atoms with E-state index in [1.54, 1.807) is 68.0 Å². The molecule has 1 aliphatic rings. The van der Waals surface area contributed by atoms with E-state index < -0.39 is 11.6 Å². The van der Waals surface area contributed by atoms with Crippen molar-refractivity contribution in [3.63, 3.8) is 0 Å². The van der Waals surface area contributed by atoms with E-state index in [0.29, 0.717) is 34.8 Å². The van der Waals surface area contributed by atoms with E-state index in [4.69, 9.17) is 15.0 Å². The van der Waals surface area contributed by atoms with Crippen LogP contribution >= 0.6 is 0 Å². The molecule has 0 aromatic carbocycles. The Balaban J connectivity index is 1.65. The van der Waals surface area contributed by atoms with Gasteiger partial charge in [-0.3, -0.25) is 15.1 Å². The highest BCUT2D eigenvalue weighted by molar-refractivity contribution is 5.68. The molecule has 1 saturated heterocycles. The molecule has 0 spiro atoms. The molecule has 0 bridgehead atoms. The number of hydrogen-bond donors (Lipinski definition) is 2. The topological polar surface area (TPSA) is 157 Å². The number of H-pyrrole nitrogens is 2. The molecule has 190 valence electrons. The van der Waals surface area contributed by atoms with Crippen LogP contribution in [-0.4, -0.2) is 55.3 Å². The zero-order valence-corrected chi connectivity index (χ0v) is 20.3. The van der Waals surface area contributed by atoms with Crippen molar-refractivity contribution in [2.75, 3.05) is 15.1 Å². The van der Waals surface area contributed by atoms with Crippen molar-refractivity contribution in [2.24, 2.45) is 0 Å². The maximum Gasteiger partial charge on any atom is 0.246 e. The van der Waals surface area contributed by atoms with Gasteiger partial charge in [-0.2, -0.15) is 20.4 Å². The third-order valence-electron chi connectivity index (χ3n) is 6.38. The molecular weight excluding hydrogens is 496 g/mol. The minimum absolute atomic E-state index is 0.389. The lowest BCUT2D eigenvalue weighted by molar-refractivity contribution is 0.417. The van der Waals surface area contributed by atoms with E-state index >= 15 is 0 Å². The van der Waals surface area contributed by atoms with Crippen molar-refractivity contribution in [1.82, 2.24) is 55.3 Å². The van der Waals surface area contributed by atoms with Gasteiger partial charge in [0.1, 0.15) is 23.4 Å². The lowest BCUT2D eigenvalue weighted by Crippen LogP contribution is -2.53. The summed E-state index contributed by atoms with van der Waals surface area (Å²) in [7, 11) is 0. The largest absolute Gasteiger partial charge is 0.346 e. The predicted octanol–water partition coefficient (Wildman–Crippen LogP) is 2.25. The van der Waals surface area contributed by atoms with Crippen molar-refractivity contribution in [3.8, 4) is 0 Å². The van der Waals surface area contributed by atoms with Gasteiger partial charge < -0.3 is 4.98 Å². The van der Waals surface area contributed by atoms with E-state index in [2.05, 4.69) is 40.3 Å². The van der Waals surface area contributed by atoms with Gasteiger partial charge in [-0.15, -0.1) is 0 Å². The summed E-state index contributed by atoms with van der Waals surface area (Å²) in [5.41, 5.74) is -0.0450. The first-order valence-electron chi connectivity index (χ1n) is 12.0. The summed E-state index contributed by atoms with van der Waals surface area (Å²) in [6.45, 7) is 0. The summed E-state index contributed by atoms with van der Waals surface area (Å²) in [6.07, 6.45) is 16.8. The Morgan fingerprint density at radius 3 is 2.38 bits per heavy atom. The molecule has 0 radical (unpaired) electrons. The summed E-state index contributed by atoms with van der Waals surface area (Å²) < 4.78 is 0. The van der Waals surface area contributed by atoms with E-state index in [1.807, 2.05) is 51.5 Å². The van der Waals surface area contributed by atoms with Crippen LogP contribution in [0.3, 0.4) is 0 Å². The number of hydrogen-bond acceptors (Lipinski definition) is 12. The van der Waals surface area contributed by atoms with Crippen LogP contribution in [0.15, 0.2) is 104 Å². The maximum atomic E-state index is 4.78. The highest BCUT2D eigenvalue weighted by Gasteiger charge is 2.65. The molecule has 7 heterocycles. The lowest BCUT2D eigenvalue weighted by Gasteiger charge is -2.39. The zero-order chi connectivity index (χ0) is 26.1. The summed E-state index contributed by atoms with van der Waals surface area (Å²) in [5, 5.41) is 22.0. The minimum Gasteiger partial charge on any atom is -0.346 e. The minimum atomic E-state index is -1.23. The third-order valence-corrected chi connectivity index (χ3v) is 6.38. The molecule has 1 aliphatic heterocycles. The van der Waals surface area contributed by atoms with Gasteiger partial charge in [0.05, 0.1) is 18.1 Å². The Morgan fingerprint density at radius 1 is 0.769 bits per heavy atom. The zero-order valence-electron chi connectivity index (χ0n) is 20.3. The van der Waals surface area contributed by atoms with Crippen molar-refractivity contribution >= 4 is 17.6 Å². The number of nitrogens with zero attached hydrogens (tertiary/aromatic N) is 12. The molecule has 0 saturated carbocycles. The van der Waals surface area contributed by atoms with Gasteiger partial charge >= 0.3 is 0 Å². The van der Waals surface area contributed by atoms with Crippen LogP contribution in [0.5, 0.6) is 0 Å². The molecule has 39 heavy (non-hydrogen) atoms. The summed E-state index contributed by atoms with van der Waals surface area (Å²) in [6, 6.07) is 12.3.